The van der Waals surface area contributed by atoms with Crippen molar-refractivity contribution < 1.29 is 4.79 Å². The molecule has 14 heavy (non-hydrogen) atoms. The molecule has 0 bridgehead atoms. The van der Waals surface area contributed by atoms with E-state index < -0.39 is 0 Å². The molecule has 0 radical (unpaired) electrons. The van der Waals surface area contributed by atoms with Crippen molar-refractivity contribution in [3.8, 4) is 0 Å². The summed E-state index contributed by atoms with van der Waals surface area (Å²) in [6, 6.07) is 0. The highest BCUT2D eigenvalue weighted by molar-refractivity contribution is 5.48. The monoisotopic (exact) mass is 194 g/mol. The van der Waals surface area contributed by atoms with E-state index in [-0.39, 0.29) is 0 Å². The molecule has 0 heterocycles. The van der Waals surface area contributed by atoms with Crippen LogP contribution in [-0.2, 0) is 4.79 Å². The topological polar surface area (TPSA) is 23.6 Å². The summed E-state index contributed by atoms with van der Waals surface area (Å²) < 4.78 is 0. The third-order valence-corrected chi connectivity index (χ3v) is 1.92. The van der Waals surface area contributed by atoms with Crippen molar-refractivity contribution in [1.29, 1.82) is 0 Å². The van der Waals surface area contributed by atoms with Gasteiger partial charge < -0.3 is 9.80 Å². The maximum atomic E-state index is 10.4. The second-order valence-corrected chi connectivity index (χ2v) is 2.84. The van der Waals surface area contributed by atoms with Crippen LogP contribution in [0, 0.1) is 0 Å². The fourth-order valence-electron chi connectivity index (χ4n) is 1.03. The number of rotatable bonds is 9. The minimum Gasteiger partial charge on any atom is -0.355 e. The van der Waals surface area contributed by atoms with Crippen LogP contribution in [0.15, 0.2) is 38.3 Å². The average molecular weight is 194 g/mol. The van der Waals surface area contributed by atoms with Gasteiger partial charge in [0.25, 0.3) is 0 Å². The van der Waals surface area contributed by atoms with E-state index in [9.17, 15) is 4.79 Å². The number of hydrogen-bond acceptors (Lipinski definition) is 2. The summed E-state index contributed by atoms with van der Waals surface area (Å²) in [5, 5.41) is 0. The Morgan fingerprint density at radius 3 is 1.64 bits per heavy atom. The third kappa shape index (κ3) is 5.19. The van der Waals surface area contributed by atoms with Gasteiger partial charge in [-0.3, -0.25) is 4.79 Å². The Morgan fingerprint density at radius 2 is 1.29 bits per heavy atom. The quantitative estimate of drug-likeness (QED) is 0.414. The highest BCUT2D eigenvalue weighted by Crippen LogP contribution is 1.97. The molecule has 1 amide bonds. The van der Waals surface area contributed by atoms with Gasteiger partial charge in [-0.15, -0.1) is 0 Å². The zero-order chi connectivity index (χ0) is 10.8. The lowest BCUT2D eigenvalue weighted by atomic mass is 10.3. The average Bonchev–Trinajstić information content (AvgIpc) is 2.24. The zero-order valence-corrected chi connectivity index (χ0v) is 8.56. The van der Waals surface area contributed by atoms with Crippen LogP contribution in [0.25, 0.3) is 0 Å². The Balaban J connectivity index is 3.53. The van der Waals surface area contributed by atoms with Crippen molar-refractivity contribution in [2.45, 2.75) is 12.8 Å². The number of hydrogen-bond donors (Lipinski definition) is 0. The van der Waals surface area contributed by atoms with E-state index in [1.807, 2.05) is 4.90 Å². The van der Waals surface area contributed by atoms with E-state index in [1.165, 1.54) is 11.1 Å². The van der Waals surface area contributed by atoms with Crippen LogP contribution in [0.5, 0.6) is 0 Å². The summed E-state index contributed by atoms with van der Waals surface area (Å²) in [6.45, 7) is 12.4. The van der Waals surface area contributed by atoms with Gasteiger partial charge in [0, 0.05) is 13.1 Å². The first-order chi connectivity index (χ1) is 6.78. The number of amides is 1. The Hall–Kier alpha value is -1.51. The third-order valence-electron chi connectivity index (χ3n) is 1.92. The van der Waals surface area contributed by atoms with Gasteiger partial charge in [0.2, 0.25) is 6.41 Å². The van der Waals surface area contributed by atoms with Gasteiger partial charge in [0.1, 0.15) is 0 Å². The Morgan fingerprint density at radius 1 is 0.857 bits per heavy atom. The van der Waals surface area contributed by atoms with Crippen molar-refractivity contribution in [2.75, 3.05) is 13.1 Å². The summed E-state index contributed by atoms with van der Waals surface area (Å²) in [5.41, 5.74) is 0. The standard InChI is InChI=1S/C11H18N2O/c1-4-12(5-2)9-7-8-10-13(6-3)11-14/h4-6,11H,1-3,7-10H2. The summed E-state index contributed by atoms with van der Waals surface area (Å²) in [5.74, 6) is 0. The molecule has 0 aromatic rings. The van der Waals surface area contributed by atoms with Crippen LogP contribution in [0.1, 0.15) is 12.8 Å². The second-order valence-electron chi connectivity index (χ2n) is 2.84. The molecule has 0 N–H and O–H groups in total. The number of carbonyl (C=O) groups excluding carboxylic acids is 1. The van der Waals surface area contributed by atoms with Gasteiger partial charge in [0.15, 0.2) is 0 Å². The maximum absolute atomic E-state index is 10.4. The van der Waals surface area contributed by atoms with Crippen LogP contribution in [-0.4, -0.2) is 29.3 Å². The Kier molecular flexibility index (Phi) is 7.23. The van der Waals surface area contributed by atoms with Gasteiger partial charge in [0.05, 0.1) is 0 Å². The largest absolute Gasteiger partial charge is 0.355 e. The molecule has 0 saturated carbocycles. The first-order valence-corrected chi connectivity index (χ1v) is 4.63. The summed E-state index contributed by atoms with van der Waals surface area (Å²) >= 11 is 0. The molecular weight excluding hydrogens is 176 g/mol. The molecule has 0 aliphatic rings. The SMILES string of the molecule is C=CN(C=C)CCCCN(C=C)C=O. The van der Waals surface area contributed by atoms with Gasteiger partial charge in [-0.05, 0) is 31.4 Å². The predicted octanol–water partition coefficient (Wildman–Crippen LogP) is 1.96. The maximum Gasteiger partial charge on any atom is 0.213 e. The number of nitrogens with zero attached hydrogens (tertiary/aromatic N) is 2. The minimum atomic E-state index is 0.717. The number of unbranched alkanes of at least 4 members (excludes halogenated alkanes) is 1. The molecule has 0 aromatic carbocycles. The summed E-state index contributed by atoms with van der Waals surface area (Å²) in [4.78, 5) is 13.8. The predicted molar refractivity (Wildman–Crippen MR) is 59.3 cm³/mol. The minimum absolute atomic E-state index is 0.717. The van der Waals surface area contributed by atoms with Gasteiger partial charge >= 0.3 is 0 Å². The molecule has 0 saturated heterocycles. The Bertz CT molecular complexity index is 163. The number of carbonyl (C=O) groups is 1. The van der Waals surface area contributed by atoms with E-state index in [4.69, 9.17) is 0 Å². The first-order valence-electron chi connectivity index (χ1n) is 4.63. The van der Waals surface area contributed by atoms with Gasteiger partial charge in [-0.25, -0.2) is 0 Å². The molecule has 0 aliphatic carbocycles. The fraction of sp³-hybridized carbons (Fsp3) is 0.364. The smallest absolute Gasteiger partial charge is 0.213 e. The van der Waals surface area contributed by atoms with E-state index >= 15 is 0 Å². The lowest BCUT2D eigenvalue weighted by Gasteiger charge is -2.15. The van der Waals surface area contributed by atoms with E-state index in [0.717, 1.165) is 32.3 Å². The van der Waals surface area contributed by atoms with Crippen LogP contribution < -0.4 is 0 Å². The second kappa shape index (κ2) is 8.10. The fourth-order valence-corrected chi connectivity index (χ4v) is 1.03. The van der Waals surface area contributed by atoms with Crippen molar-refractivity contribution in [1.82, 2.24) is 9.80 Å². The molecule has 0 unspecified atom stereocenters. The van der Waals surface area contributed by atoms with Crippen molar-refractivity contribution in [3.63, 3.8) is 0 Å². The molecule has 0 spiro atoms. The Labute approximate surface area is 86.0 Å². The van der Waals surface area contributed by atoms with Crippen molar-refractivity contribution in [3.05, 3.63) is 38.3 Å². The summed E-state index contributed by atoms with van der Waals surface area (Å²) in [6.07, 6.45) is 7.73. The van der Waals surface area contributed by atoms with E-state index in [1.54, 1.807) is 12.4 Å². The van der Waals surface area contributed by atoms with Crippen LogP contribution in [0.3, 0.4) is 0 Å². The highest BCUT2D eigenvalue weighted by atomic mass is 16.1. The zero-order valence-electron chi connectivity index (χ0n) is 8.56. The van der Waals surface area contributed by atoms with Gasteiger partial charge in [-0.1, -0.05) is 19.7 Å². The van der Waals surface area contributed by atoms with Crippen LogP contribution in [0.2, 0.25) is 0 Å². The van der Waals surface area contributed by atoms with Crippen LogP contribution >= 0.6 is 0 Å². The molecule has 3 nitrogen and oxygen atoms in total. The lowest BCUT2D eigenvalue weighted by molar-refractivity contribution is -0.115. The van der Waals surface area contributed by atoms with Crippen molar-refractivity contribution in [2.24, 2.45) is 0 Å². The molecule has 0 aromatic heterocycles. The highest BCUT2D eigenvalue weighted by Gasteiger charge is 1.96. The molecule has 78 valence electrons. The van der Waals surface area contributed by atoms with E-state index in [2.05, 4.69) is 19.7 Å². The molecule has 0 atom stereocenters. The molecule has 0 aliphatic heterocycles. The first kappa shape index (κ1) is 12.5. The van der Waals surface area contributed by atoms with E-state index in [0.29, 0.717) is 0 Å². The molecule has 0 fully saturated rings. The van der Waals surface area contributed by atoms with Crippen molar-refractivity contribution >= 4 is 6.41 Å². The van der Waals surface area contributed by atoms with Gasteiger partial charge in [-0.2, -0.15) is 0 Å². The van der Waals surface area contributed by atoms with Crippen LogP contribution in [0.4, 0.5) is 0 Å². The summed E-state index contributed by atoms with van der Waals surface area (Å²) in [7, 11) is 0. The normalized spacial score (nSPS) is 8.86. The molecular formula is C11H18N2O. The molecule has 0 rings (SSSR count). The lowest BCUT2D eigenvalue weighted by Crippen LogP contribution is -2.17. The molecule has 3 heteroatoms.